The first kappa shape index (κ1) is 16.3. The van der Waals surface area contributed by atoms with E-state index in [4.69, 9.17) is 0 Å². The van der Waals surface area contributed by atoms with Gasteiger partial charge in [0.2, 0.25) is 0 Å². The van der Waals surface area contributed by atoms with E-state index < -0.39 is 0 Å². The van der Waals surface area contributed by atoms with Crippen LogP contribution in [0.3, 0.4) is 0 Å². The van der Waals surface area contributed by atoms with Crippen molar-refractivity contribution in [1.82, 2.24) is 5.32 Å². The number of hydrogen-bond acceptors (Lipinski definition) is 1. The van der Waals surface area contributed by atoms with Gasteiger partial charge < -0.3 is 5.32 Å². The van der Waals surface area contributed by atoms with Crippen LogP contribution in [0.4, 0.5) is 0 Å². The monoisotopic (exact) mass is 345 g/mol. The topological polar surface area (TPSA) is 12.0 Å². The van der Waals surface area contributed by atoms with Crippen LogP contribution in [0.5, 0.6) is 0 Å². The Hall–Kier alpha value is -1.12. The van der Waals surface area contributed by atoms with Crippen molar-refractivity contribution in [2.45, 2.75) is 45.7 Å². The molecule has 0 saturated carbocycles. The summed E-state index contributed by atoms with van der Waals surface area (Å²) in [6.45, 7) is 6.65. The van der Waals surface area contributed by atoms with Gasteiger partial charge in [0.1, 0.15) is 0 Å². The van der Waals surface area contributed by atoms with Crippen LogP contribution in [0.2, 0.25) is 0 Å². The number of nitrogens with one attached hydrogen (secondary N) is 1. The highest BCUT2D eigenvalue weighted by atomic mass is 79.9. The molecule has 2 unspecified atom stereocenters. The molecule has 0 spiro atoms. The quantitative estimate of drug-likeness (QED) is 0.696. The summed E-state index contributed by atoms with van der Waals surface area (Å²) in [5, 5.41) is 3.67. The molecule has 0 bridgehead atoms. The fourth-order valence-electron chi connectivity index (χ4n) is 2.65. The van der Waals surface area contributed by atoms with E-state index in [0.29, 0.717) is 12.1 Å². The third kappa shape index (κ3) is 4.42. The average Bonchev–Trinajstić information content (AvgIpc) is 2.48. The van der Waals surface area contributed by atoms with Crippen LogP contribution in [0, 0.1) is 0 Å². The molecule has 112 valence electrons. The minimum Gasteiger partial charge on any atom is -0.304 e. The fourth-order valence-corrected chi connectivity index (χ4v) is 3.28. The van der Waals surface area contributed by atoms with Gasteiger partial charge in [-0.15, -0.1) is 0 Å². The van der Waals surface area contributed by atoms with Crippen molar-refractivity contribution in [2.24, 2.45) is 0 Å². The van der Waals surface area contributed by atoms with Gasteiger partial charge in [0.15, 0.2) is 0 Å². The summed E-state index contributed by atoms with van der Waals surface area (Å²) in [7, 11) is 0. The molecule has 0 amide bonds. The summed E-state index contributed by atoms with van der Waals surface area (Å²) in [5.41, 5.74) is 4.06. The van der Waals surface area contributed by atoms with E-state index in [1.165, 1.54) is 23.1 Å². The van der Waals surface area contributed by atoms with Gasteiger partial charge in [-0.1, -0.05) is 71.7 Å². The number of rotatable bonds is 6. The maximum atomic E-state index is 3.67. The molecule has 0 aliphatic rings. The molecule has 21 heavy (non-hydrogen) atoms. The van der Waals surface area contributed by atoms with Crippen LogP contribution in [0.1, 0.15) is 56.0 Å². The second kappa shape index (κ2) is 7.77. The molecule has 0 radical (unpaired) electrons. The third-order valence-electron chi connectivity index (χ3n) is 3.89. The first-order chi connectivity index (χ1) is 10.1. The Balaban J connectivity index is 2.03. The number of hydrogen-bond donors (Lipinski definition) is 1. The number of halogens is 1. The van der Waals surface area contributed by atoms with Crippen LogP contribution < -0.4 is 5.32 Å². The van der Waals surface area contributed by atoms with E-state index in [-0.39, 0.29) is 0 Å². The summed E-state index contributed by atoms with van der Waals surface area (Å²) in [4.78, 5) is 0. The lowest BCUT2D eigenvalue weighted by atomic mass is 10.0. The van der Waals surface area contributed by atoms with Crippen molar-refractivity contribution in [1.29, 1.82) is 0 Å². The Morgan fingerprint density at radius 3 is 2.24 bits per heavy atom. The maximum Gasteiger partial charge on any atom is 0.0308 e. The molecule has 2 rings (SSSR count). The molecule has 2 aromatic carbocycles. The van der Waals surface area contributed by atoms with Crippen molar-refractivity contribution < 1.29 is 0 Å². The molecule has 0 aliphatic heterocycles. The highest BCUT2D eigenvalue weighted by molar-refractivity contribution is 9.10. The molecule has 2 heteroatoms. The Morgan fingerprint density at radius 2 is 1.62 bits per heavy atom. The summed E-state index contributed by atoms with van der Waals surface area (Å²) < 4.78 is 1.16. The SMILES string of the molecule is CCCc1ccc(C(C)NC(C)c2ccccc2Br)cc1. The molecule has 0 fully saturated rings. The maximum absolute atomic E-state index is 3.67. The van der Waals surface area contributed by atoms with Crippen LogP contribution >= 0.6 is 15.9 Å². The first-order valence-electron chi connectivity index (χ1n) is 7.71. The minimum atomic E-state index is 0.311. The smallest absolute Gasteiger partial charge is 0.0308 e. The van der Waals surface area contributed by atoms with Crippen LogP contribution in [-0.4, -0.2) is 0 Å². The van der Waals surface area contributed by atoms with Gasteiger partial charge in [0.25, 0.3) is 0 Å². The summed E-state index contributed by atoms with van der Waals surface area (Å²) in [6.07, 6.45) is 2.36. The molecule has 2 atom stereocenters. The lowest BCUT2D eigenvalue weighted by Gasteiger charge is -2.22. The summed E-state index contributed by atoms with van der Waals surface area (Å²) in [5.74, 6) is 0. The molecule has 0 saturated heterocycles. The molecule has 2 aromatic rings. The van der Waals surface area contributed by atoms with Crippen molar-refractivity contribution in [2.75, 3.05) is 0 Å². The molecular formula is C19H24BrN. The van der Waals surface area contributed by atoms with Gasteiger partial charge in [-0.25, -0.2) is 0 Å². The Morgan fingerprint density at radius 1 is 0.952 bits per heavy atom. The predicted molar refractivity (Wildman–Crippen MR) is 94.5 cm³/mol. The molecule has 0 aromatic heterocycles. The lowest BCUT2D eigenvalue weighted by Crippen LogP contribution is -2.22. The molecule has 0 aliphatic carbocycles. The molecule has 1 nitrogen and oxygen atoms in total. The summed E-state index contributed by atoms with van der Waals surface area (Å²) in [6, 6.07) is 18.0. The van der Waals surface area contributed by atoms with E-state index in [9.17, 15) is 0 Å². The van der Waals surface area contributed by atoms with Crippen molar-refractivity contribution in [3.63, 3.8) is 0 Å². The highest BCUT2D eigenvalue weighted by Gasteiger charge is 2.13. The second-order valence-corrected chi connectivity index (χ2v) is 6.48. The van der Waals surface area contributed by atoms with E-state index >= 15 is 0 Å². The van der Waals surface area contributed by atoms with Gasteiger partial charge in [0.05, 0.1) is 0 Å². The second-order valence-electron chi connectivity index (χ2n) is 5.62. The van der Waals surface area contributed by atoms with Gasteiger partial charge in [-0.2, -0.15) is 0 Å². The zero-order valence-electron chi connectivity index (χ0n) is 13.1. The minimum absolute atomic E-state index is 0.311. The number of benzene rings is 2. The van der Waals surface area contributed by atoms with Gasteiger partial charge in [0, 0.05) is 16.6 Å². The van der Waals surface area contributed by atoms with Crippen LogP contribution in [0.25, 0.3) is 0 Å². The Kier molecular flexibility index (Phi) is 6.01. The average molecular weight is 346 g/mol. The Bertz CT molecular complexity index is 562. The van der Waals surface area contributed by atoms with Crippen LogP contribution in [-0.2, 0) is 6.42 Å². The third-order valence-corrected chi connectivity index (χ3v) is 4.61. The highest BCUT2D eigenvalue weighted by Crippen LogP contribution is 2.25. The zero-order valence-corrected chi connectivity index (χ0v) is 14.7. The normalized spacial score (nSPS) is 13.9. The van der Waals surface area contributed by atoms with Crippen molar-refractivity contribution in [3.8, 4) is 0 Å². The largest absolute Gasteiger partial charge is 0.304 e. The van der Waals surface area contributed by atoms with E-state index in [1.54, 1.807) is 0 Å². The lowest BCUT2D eigenvalue weighted by molar-refractivity contribution is 0.493. The van der Waals surface area contributed by atoms with E-state index in [1.807, 2.05) is 0 Å². The van der Waals surface area contributed by atoms with Gasteiger partial charge >= 0.3 is 0 Å². The molecule has 0 heterocycles. The van der Waals surface area contributed by atoms with Crippen LogP contribution in [0.15, 0.2) is 53.0 Å². The zero-order chi connectivity index (χ0) is 15.2. The summed E-state index contributed by atoms with van der Waals surface area (Å²) >= 11 is 3.63. The van der Waals surface area contributed by atoms with Crippen molar-refractivity contribution >= 4 is 15.9 Å². The van der Waals surface area contributed by atoms with Gasteiger partial charge in [-0.3, -0.25) is 0 Å². The van der Waals surface area contributed by atoms with Gasteiger partial charge in [-0.05, 0) is 43.0 Å². The van der Waals surface area contributed by atoms with Crippen molar-refractivity contribution in [3.05, 3.63) is 69.7 Å². The number of aryl methyl sites for hydroxylation is 1. The standard InChI is InChI=1S/C19H24BrN/c1-4-7-16-10-12-17(13-11-16)14(2)21-15(3)18-8-5-6-9-19(18)20/h5-6,8-15,21H,4,7H2,1-3H3. The predicted octanol–water partition coefficient (Wildman–Crippen LogP) is 5.81. The van der Waals surface area contributed by atoms with E-state index in [0.717, 1.165) is 10.9 Å². The molecule has 1 N–H and O–H groups in total. The molecular weight excluding hydrogens is 322 g/mol. The Labute approximate surface area is 136 Å². The van der Waals surface area contributed by atoms with E-state index in [2.05, 4.69) is 90.5 Å². The fraction of sp³-hybridized carbons (Fsp3) is 0.368. The first-order valence-corrected chi connectivity index (χ1v) is 8.50.